The standard InChI is InChI=1S/C10H9ClN2O2/c11-9-2-6(3-10(14)15)1-7(4-12)8(9)5-13/h1-2H,3-4,12H2,(H,14,15). The van der Waals surface area contributed by atoms with Crippen LogP contribution in [0.25, 0.3) is 0 Å². The number of carboxylic acid groups (broad SMARTS) is 1. The van der Waals surface area contributed by atoms with Gasteiger partial charge in [-0.15, -0.1) is 0 Å². The van der Waals surface area contributed by atoms with E-state index in [9.17, 15) is 4.79 Å². The fourth-order valence-corrected chi connectivity index (χ4v) is 1.59. The second-order valence-corrected chi connectivity index (χ2v) is 3.41. The predicted molar refractivity (Wildman–Crippen MR) is 55.4 cm³/mol. The molecule has 5 heteroatoms. The van der Waals surface area contributed by atoms with E-state index in [1.807, 2.05) is 6.07 Å². The first-order chi connectivity index (χ1) is 7.08. The molecule has 0 heterocycles. The summed E-state index contributed by atoms with van der Waals surface area (Å²) in [6.45, 7) is 0.163. The SMILES string of the molecule is N#Cc1c(Cl)cc(CC(=O)O)cc1CN. The van der Waals surface area contributed by atoms with Gasteiger partial charge in [-0.3, -0.25) is 4.79 Å². The average Bonchev–Trinajstić information content (AvgIpc) is 2.15. The van der Waals surface area contributed by atoms with Crippen LogP contribution in [0.3, 0.4) is 0 Å². The summed E-state index contributed by atoms with van der Waals surface area (Å²) >= 11 is 5.83. The molecule has 0 unspecified atom stereocenters. The third-order valence-corrected chi connectivity index (χ3v) is 2.22. The van der Waals surface area contributed by atoms with Crippen LogP contribution in [0.5, 0.6) is 0 Å². The molecule has 0 fully saturated rings. The Morgan fingerprint density at radius 2 is 2.27 bits per heavy atom. The molecule has 0 spiro atoms. The summed E-state index contributed by atoms with van der Waals surface area (Å²) in [5.41, 5.74) is 6.87. The zero-order valence-corrected chi connectivity index (χ0v) is 8.58. The van der Waals surface area contributed by atoms with Crippen molar-refractivity contribution < 1.29 is 9.90 Å². The van der Waals surface area contributed by atoms with Gasteiger partial charge in [0.2, 0.25) is 0 Å². The number of carbonyl (C=O) groups is 1. The second kappa shape index (κ2) is 4.78. The van der Waals surface area contributed by atoms with Crippen molar-refractivity contribution in [2.24, 2.45) is 5.73 Å². The van der Waals surface area contributed by atoms with E-state index in [0.29, 0.717) is 16.7 Å². The maximum absolute atomic E-state index is 10.5. The molecule has 1 aromatic carbocycles. The van der Waals surface area contributed by atoms with Crippen LogP contribution in [0.1, 0.15) is 16.7 Å². The number of halogens is 1. The summed E-state index contributed by atoms with van der Waals surface area (Å²) in [6.07, 6.45) is -0.127. The molecule has 0 aromatic heterocycles. The first-order valence-corrected chi connectivity index (χ1v) is 4.59. The molecule has 0 saturated carbocycles. The Hall–Kier alpha value is -1.57. The monoisotopic (exact) mass is 224 g/mol. The number of nitrogens with two attached hydrogens (primary N) is 1. The Balaban J connectivity index is 3.21. The van der Waals surface area contributed by atoms with Crippen LogP contribution in [0.4, 0.5) is 0 Å². The van der Waals surface area contributed by atoms with Crippen molar-refractivity contribution in [1.29, 1.82) is 5.26 Å². The van der Waals surface area contributed by atoms with Gasteiger partial charge in [-0.25, -0.2) is 0 Å². The number of rotatable bonds is 3. The molecule has 1 rings (SSSR count). The third kappa shape index (κ3) is 2.69. The van der Waals surface area contributed by atoms with Crippen molar-refractivity contribution in [2.45, 2.75) is 13.0 Å². The molecule has 0 atom stereocenters. The summed E-state index contributed by atoms with van der Waals surface area (Å²) in [5.74, 6) is -0.946. The number of aliphatic carboxylic acids is 1. The van der Waals surface area contributed by atoms with E-state index in [-0.39, 0.29) is 18.0 Å². The molecule has 1 aromatic rings. The topological polar surface area (TPSA) is 87.1 Å². The first kappa shape index (κ1) is 11.5. The number of hydrogen-bond donors (Lipinski definition) is 2. The molecule has 0 amide bonds. The summed E-state index contributed by atoms with van der Waals surface area (Å²) in [4.78, 5) is 10.5. The third-order valence-electron chi connectivity index (χ3n) is 1.92. The molecule has 0 bridgehead atoms. The van der Waals surface area contributed by atoms with Gasteiger partial charge in [-0.2, -0.15) is 5.26 Å². The summed E-state index contributed by atoms with van der Waals surface area (Å²) in [5, 5.41) is 17.7. The van der Waals surface area contributed by atoms with Crippen LogP contribution in [0.15, 0.2) is 12.1 Å². The Morgan fingerprint density at radius 3 is 2.73 bits per heavy atom. The number of nitriles is 1. The minimum Gasteiger partial charge on any atom is -0.481 e. The fraction of sp³-hybridized carbons (Fsp3) is 0.200. The summed E-state index contributed by atoms with van der Waals surface area (Å²) < 4.78 is 0. The minimum absolute atomic E-state index is 0.127. The fourth-order valence-electron chi connectivity index (χ4n) is 1.29. The molecule has 0 saturated heterocycles. The van der Waals surface area contributed by atoms with Gasteiger partial charge in [0, 0.05) is 6.54 Å². The highest BCUT2D eigenvalue weighted by Crippen LogP contribution is 2.22. The molecule has 4 nitrogen and oxygen atoms in total. The van der Waals surface area contributed by atoms with Gasteiger partial charge in [0.25, 0.3) is 0 Å². The maximum Gasteiger partial charge on any atom is 0.307 e. The van der Waals surface area contributed by atoms with Crippen molar-refractivity contribution in [1.82, 2.24) is 0 Å². The van der Waals surface area contributed by atoms with Crippen molar-refractivity contribution >= 4 is 17.6 Å². The highest BCUT2D eigenvalue weighted by molar-refractivity contribution is 6.31. The average molecular weight is 225 g/mol. The van der Waals surface area contributed by atoms with Crippen LogP contribution in [-0.2, 0) is 17.8 Å². The van der Waals surface area contributed by atoms with Gasteiger partial charge < -0.3 is 10.8 Å². The molecule has 0 aliphatic rings. The number of benzene rings is 1. The highest BCUT2D eigenvalue weighted by atomic mass is 35.5. The zero-order chi connectivity index (χ0) is 11.4. The van der Waals surface area contributed by atoms with E-state index >= 15 is 0 Å². The van der Waals surface area contributed by atoms with Crippen LogP contribution in [-0.4, -0.2) is 11.1 Å². The zero-order valence-electron chi connectivity index (χ0n) is 7.83. The minimum atomic E-state index is -0.946. The van der Waals surface area contributed by atoms with Gasteiger partial charge in [-0.1, -0.05) is 17.7 Å². The van der Waals surface area contributed by atoms with Gasteiger partial charge in [0.05, 0.1) is 17.0 Å². The van der Waals surface area contributed by atoms with E-state index in [4.69, 9.17) is 27.7 Å². The maximum atomic E-state index is 10.5. The lowest BCUT2D eigenvalue weighted by Gasteiger charge is -2.06. The van der Waals surface area contributed by atoms with Gasteiger partial charge in [-0.05, 0) is 17.2 Å². The number of nitrogens with zero attached hydrogens (tertiary/aromatic N) is 1. The van der Waals surface area contributed by atoms with Crippen LogP contribution < -0.4 is 5.73 Å². The van der Waals surface area contributed by atoms with Crippen molar-refractivity contribution in [3.63, 3.8) is 0 Å². The highest BCUT2D eigenvalue weighted by Gasteiger charge is 2.09. The Morgan fingerprint density at radius 1 is 1.60 bits per heavy atom. The Labute approximate surface area is 91.9 Å². The quantitative estimate of drug-likeness (QED) is 0.810. The molecule has 0 aliphatic carbocycles. The largest absolute Gasteiger partial charge is 0.481 e. The summed E-state index contributed by atoms with van der Waals surface area (Å²) in [6, 6.07) is 5.01. The van der Waals surface area contributed by atoms with Crippen molar-refractivity contribution in [3.8, 4) is 6.07 Å². The molecular weight excluding hydrogens is 216 g/mol. The second-order valence-electron chi connectivity index (χ2n) is 3.00. The first-order valence-electron chi connectivity index (χ1n) is 4.21. The van der Waals surface area contributed by atoms with E-state index in [2.05, 4.69) is 0 Å². The molecule has 78 valence electrons. The Bertz CT molecular complexity index is 438. The van der Waals surface area contributed by atoms with Crippen LogP contribution in [0, 0.1) is 11.3 Å². The summed E-state index contributed by atoms with van der Waals surface area (Å²) in [7, 11) is 0. The lowest BCUT2D eigenvalue weighted by atomic mass is 10.0. The molecule has 15 heavy (non-hydrogen) atoms. The van der Waals surface area contributed by atoms with Gasteiger partial charge in [0.15, 0.2) is 0 Å². The lowest BCUT2D eigenvalue weighted by Crippen LogP contribution is -2.05. The van der Waals surface area contributed by atoms with Crippen molar-refractivity contribution in [3.05, 3.63) is 33.8 Å². The van der Waals surface area contributed by atoms with Crippen molar-refractivity contribution in [2.75, 3.05) is 0 Å². The van der Waals surface area contributed by atoms with E-state index in [1.54, 1.807) is 6.07 Å². The molecule has 3 N–H and O–H groups in total. The van der Waals surface area contributed by atoms with Crippen LogP contribution in [0.2, 0.25) is 5.02 Å². The normalized spacial score (nSPS) is 9.67. The van der Waals surface area contributed by atoms with E-state index in [0.717, 1.165) is 0 Å². The van der Waals surface area contributed by atoms with Gasteiger partial charge >= 0.3 is 5.97 Å². The smallest absolute Gasteiger partial charge is 0.307 e. The lowest BCUT2D eigenvalue weighted by molar-refractivity contribution is -0.136. The number of hydrogen-bond acceptors (Lipinski definition) is 3. The number of carboxylic acids is 1. The molecule has 0 radical (unpaired) electrons. The molecular formula is C10H9ClN2O2. The molecule has 0 aliphatic heterocycles. The van der Waals surface area contributed by atoms with E-state index in [1.165, 1.54) is 6.07 Å². The van der Waals surface area contributed by atoms with Crippen LogP contribution >= 0.6 is 11.6 Å². The predicted octanol–water partition coefficient (Wildman–Crippen LogP) is 1.30. The Kier molecular flexibility index (Phi) is 3.67. The van der Waals surface area contributed by atoms with E-state index < -0.39 is 5.97 Å². The van der Waals surface area contributed by atoms with Gasteiger partial charge in [0.1, 0.15) is 6.07 Å².